The summed E-state index contributed by atoms with van der Waals surface area (Å²) in [5.41, 5.74) is 6.21. The lowest BCUT2D eigenvalue weighted by Crippen LogP contribution is -2.30. The highest BCUT2D eigenvalue weighted by atomic mass is 19.4. The average molecular weight is 523 g/mol. The van der Waals surface area contributed by atoms with Gasteiger partial charge in [-0.1, -0.05) is 30.3 Å². The lowest BCUT2D eigenvalue weighted by Gasteiger charge is -2.31. The Kier molecular flexibility index (Phi) is 6.04. The van der Waals surface area contributed by atoms with Crippen LogP contribution in [-0.2, 0) is 17.6 Å². The van der Waals surface area contributed by atoms with Crippen LogP contribution in [0.4, 0.5) is 18.9 Å². The first-order valence-corrected chi connectivity index (χ1v) is 12.4. The van der Waals surface area contributed by atoms with Crippen molar-refractivity contribution in [3.8, 4) is 22.6 Å². The van der Waals surface area contributed by atoms with E-state index in [0.717, 1.165) is 63.4 Å². The monoisotopic (exact) mass is 522 g/mol. The molecule has 0 spiro atoms. The number of rotatable bonds is 4. The molecule has 0 saturated heterocycles. The highest BCUT2D eigenvalue weighted by molar-refractivity contribution is 6.16. The zero-order valence-corrected chi connectivity index (χ0v) is 21.9. The lowest BCUT2D eigenvalue weighted by molar-refractivity contribution is -0.167. The van der Waals surface area contributed by atoms with Crippen LogP contribution >= 0.6 is 0 Å². The van der Waals surface area contributed by atoms with Crippen molar-refractivity contribution >= 4 is 17.3 Å². The van der Waals surface area contributed by atoms with E-state index in [0.29, 0.717) is 0 Å². The summed E-state index contributed by atoms with van der Waals surface area (Å²) < 4.78 is 49.8. The van der Waals surface area contributed by atoms with Gasteiger partial charge in [0.05, 0.1) is 18.4 Å². The molecule has 2 aliphatic heterocycles. The Bertz CT molecular complexity index is 1450. The number of fused-ring (bicyclic) bond motifs is 3. The van der Waals surface area contributed by atoms with Crippen molar-refractivity contribution in [2.24, 2.45) is 4.99 Å². The number of carbonyl (C=O) groups is 1. The number of hydrogen-bond acceptors (Lipinski definition) is 4. The molecule has 3 aromatic carbocycles. The molecule has 3 aromatic rings. The summed E-state index contributed by atoms with van der Waals surface area (Å²) in [7, 11) is 1.66. The lowest BCUT2D eigenvalue weighted by atomic mass is 9.80. The third kappa shape index (κ3) is 4.87. The molecule has 8 heteroatoms. The predicted molar refractivity (Wildman–Crippen MR) is 141 cm³/mol. The number of aliphatic imine (C=N–C) groups is 1. The Morgan fingerprint density at radius 3 is 2.32 bits per heavy atom. The zero-order valence-electron chi connectivity index (χ0n) is 21.9. The summed E-state index contributed by atoms with van der Waals surface area (Å²) in [4.78, 5) is 16.4. The second kappa shape index (κ2) is 8.89. The third-order valence-electron chi connectivity index (χ3n) is 6.77. The van der Waals surface area contributed by atoms with Crippen LogP contribution in [0.15, 0.2) is 59.6 Å². The van der Waals surface area contributed by atoms with Crippen molar-refractivity contribution in [2.45, 2.75) is 57.9 Å². The van der Waals surface area contributed by atoms with E-state index in [2.05, 4.69) is 33.8 Å². The summed E-state index contributed by atoms with van der Waals surface area (Å²) in [6.07, 6.45) is -3.45. The molecule has 1 N–H and O–H groups in total. The summed E-state index contributed by atoms with van der Waals surface area (Å²) >= 11 is 0. The van der Waals surface area contributed by atoms with Crippen molar-refractivity contribution in [3.05, 3.63) is 76.9 Å². The second-order valence-electron chi connectivity index (χ2n) is 11.0. The molecule has 0 bridgehead atoms. The SMILES string of the molecule is COc1cc2c(c3c1OC(C)(C)C3)C(c1cccc(-c3ccc(NC(=O)C(F)(F)F)cc3)c1)=NC(C)(C)C2. The number of halogens is 3. The fraction of sp³-hybridized carbons (Fsp3) is 0.333. The van der Waals surface area contributed by atoms with Crippen molar-refractivity contribution in [2.75, 3.05) is 12.4 Å². The van der Waals surface area contributed by atoms with Gasteiger partial charge in [0.2, 0.25) is 0 Å². The quantitative estimate of drug-likeness (QED) is 0.412. The zero-order chi connectivity index (χ0) is 27.5. The van der Waals surface area contributed by atoms with Crippen LogP contribution < -0.4 is 14.8 Å². The number of anilines is 1. The van der Waals surface area contributed by atoms with Crippen molar-refractivity contribution in [3.63, 3.8) is 0 Å². The van der Waals surface area contributed by atoms with E-state index in [1.165, 1.54) is 12.1 Å². The number of methoxy groups -OCH3 is 1. The molecule has 0 unspecified atom stereocenters. The summed E-state index contributed by atoms with van der Waals surface area (Å²) in [6.45, 7) is 8.33. The highest BCUT2D eigenvalue weighted by Crippen LogP contribution is 2.48. The predicted octanol–water partition coefficient (Wildman–Crippen LogP) is 6.75. The average Bonchev–Trinajstić information content (AvgIpc) is 3.17. The first-order chi connectivity index (χ1) is 17.8. The van der Waals surface area contributed by atoms with Gasteiger partial charge in [0, 0.05) is 28.8 Å². The van der Waals surface area contributed by atoms with Gasteiger partial charge in [0.1, 0.15) is 5.60 Å². The molecule has 0 saturated carbocycles. The molecule has 2 heterocycles. The third-order valence-corrected chi connectivity index (χ3v) is 6.77. The molecular formula is C30H29F3N2O3. The van der Waals surface area contributed by atoms with Gasteiger partial charge in [0.25, 0.3) is 0 Å². The first kappa shape index (κ1) is 25.8. The van der Waals surface area contributed by atoms with Crippen LogP contribution in [0.3, 0.4) is 0 Å². The van der Waals surface area contributed by atoms with Gasteiger partial charge in [-0.05, 0) is 75.1 Å². The minimum atomic E-state index is -4.94. The number of alkyl halides is 3. The number of ether oxygens (including phenoxy) is 2. The Hall–Kier alpha value is -3.81. The number of nitrogens with zero attached hydrogens (tertiary/aromatic N) is 1. The molecule has 5 rings (SSSR count). The number of amides is 1. The Morgan fingerprint density at radius 1 is 0.974 bits per heavy atom. The van der Waals surface area contributed by atoms with Gasteiger partial charge in [-0.2, -0.15) is 13.2 Å². The van der Waals surface area contributed by atoms with Crippen molar-refractivity contribution in [1.82, 2.24) is 0 Å². The minimum absolute atomic E-state index is 0.0756. The topological polar surface area (TPSA) is 59.9 Å². The van der Waals surface area contributed by atoms with Crippen LogP contribution in [0, 0.1) is 0 Å². The molecule has 1 amide bonds. The summed E-state index contributed by atoms with van der Waals surface area (Å²) in [5.74, 6) is -0.510. The van der Waals surface area contributed by atoms with E-state index in [9.17, 15) is 18.0 Å². The Labute approximate surface area is 219 Å². The molecule has 198 valence electrons. The van der Waals surface area contributed by atoms with E-state index in [-0.39, 0.29) is 16.8 Å². The van der Waals surface area contributed by atoms with Gasteiger partial charge < -0.3 is 14.8 Å². The van der Waals surface area contributed by atoms with Gasteiger partial charge in [-0.25, -0.2) is 0 Å². The maximum Gasteiger partial charge on any atom is 0.471 e. The fourth-order valence-electron chi connectivity index (χ4n) is 5.22. The molecule has 0 radical (unpaired) electrons. The number of benzene rings is 3. The van der Waals surface area contributed by atoms with Crippen LogP contribution in [0.1, 0.15) is 49.9 Å². The van der Waals surface area contributed by atoms with E-state index < -0.39 is 12.1 Å². The minimum Gasteiger partial charge on any atom is -0.493 e. The molecule has 0 fully saturated rings. The number of carbonyl (C=O) groups excluding carboxylic acids is 1. The smallest absolute Gasteiger partial charge is 0.471 e. The molecule has 0 aromatic heterocycles. The van der Waals surface area contributed by atoms with Gasteiger partial charge >= 0.3 is 12.1 Å². The second-order valence-corrected chi connectivity index (χ2v) is 11.0. The van der Waals surface area contributed by atoms with Crippen LogP contribution in [0.25, 0.3) is 11.1 Å². The Balaban J connectivity index is 1.55. The molecule has 2 aliphatic rings. The van der Waals surface area contributed by atoms with Gasteiger partial charge in [0.15, 0.2) is 11.5 Å². The van der Waals surface area contributed by atoms with Crippen LogP contribution in [-0.4, -0.2) is 36.0 Å². The summed E-state index contributed by atoms with van der Waals surface area (Å²) in [6, 6.07) is 16.3. The largest absolute Gasteiger partial charge is 0.493 e. The van der Waals surface area contributed by atoms with Crippen LogP contribution in [0.5, 0.6) is 11.5 Å². The molecule has 38 heavy (non-hydrogen) atoms. The van der Waals surface area contributed by atoms with Crippen molar-refractivity contribution in [1.29, 1.82) is 0 Å². The number of hydrogen-bond donors (Lipinski definition) is 1. The molecule has 0 aliphatic carbocycles. The van der Waals surface area contributed by atoms with E-state index in [1.807, 2.05) is 29.6 Å². The van der Waals surface area contributed by atoms with E-state index >= 15 is 0 Å². The first-order valence-electron chi connectivity index (χ1n) is 12.4. The number of nitrogens with one attached hydrogen (secondary N) is 1. The van der Waals surface area contributed by atoms with Gasteiger partial charge in [-0.3, -0.25) is 9.79 Å². The molecular weight excluding hydrogens is 493 g/mol. The van der Waals surface area contributed by atoms with E-state index in [4.69, 9.17) is 14.5 Å². The van der Waals surface area contributed by atoms with E-state index in [1.54, 1.807) is 19.2 Å². The molecule has 0 atom stereocenters. The molecule has 5 nitrogen and oxygen atoms in total. The normalized spacial score (nSPS) is 17.1. The maximum absolute atomic E-state index is 12.6. The summed E-state index contributed by atoms with van der Waals surface area (Å²) in [5, 5.41) is 1.88. The Morgan fingerprint density at radius 2 is 1.66 bits per heavy atom. The van der Waals surface area contributed by atoms with Crippen LogP contribution in [0.2, 0.25) is 0 Å². The van der Waals surface area contributed by atoms with Gasteiger partial charge in [-0.15, -0.1) is 0 Å². The highest BCUT2D eigenvalue weighted by Gasteiger charge is 2.40. The van der Waals surface area contributed by atoms with Crippen molar-refractivity contribution < 1.29 is 27.4 Å². The standard InChI is InChI=1S/C30H29F3N2O3/c1-28(2)15-20-14-23(37-5)26-22(16-29(3,4)38-26)24(20)25(35-28)19-8-6-7-18(13-19)17-9-11-21(12-10-17)34-27(36)30(31,32)33/h6-14H,15-16H2,1-5H3,(H,34,36). The maximum atomic E-state index is 12.6. The fourth-order valence-corrected chi connectivity index (χ4v) is 5.22.